The van der Waals surface area contributed by atoms with E-state index in [2.05, 4.69) is 31.2 Å². The zero-order chi connectivity index (χ0) is 19.2. The van der Waals surface area contributed by atoms with Crippen LogP contribution in [0.25, 0.3) is 0 Å². The van der Waals surface area contributed by atoms with Crippen molar-refractivity contribution in [2.45, 2.75) is 34.6 Å². The maximum atomic E-state index is 6.09. The summed E-state index contributed by atoms with van der Waals surface area (Å²) in [5, 5.41) is 1.05. The zero-order valence-electron chi connectivity index (χ0n) is 16.3. The highest BCUT2D eigenvalue weighted by atomic mass is 31.2. The van der Waals surface area contributed by atoms with E-state index in [4.69, 9.17) is 9.05 Å². The van der Waals surface area contributed by atoms with E-state index < -0.39 is 8.38 Å². The van der Waals surface area contributed by atoms with Gasteiger partial charge in [-0.25, -0.2) is 0 Å². The third-order valence-corrected chi connectivity index (χ3v) is 4.58. The summed E-state index contributed by atoms with van der Waals surface area (Å²) in [5.74, 6) is 1.62. The Hall–Kier alpha value is -2.31. The summed E-state index contributed by atoms with van der Waals surface area (Å²) in [4.78, 5) is 0. The molecule has 0 aliphatic heterocycles. The van der Waals surface area contributed by atoms with E-state index in [1.807, 2.05) is 88.4 Å². The summed E-state index contributed by atoms with van der Waals surface area (Å²) < 4.78 is 12.2. The van der Waals surface area contributed by atoms with Crippen LogP contribution in [0.3, 0.4) is 0 Å². The molecular weight excluding hydrogens is 339 g/mol. The maximum absolute atomic E-state index is 6.09. The molecule has 0 amide bonds. The van der Waals surface area contributed by atoms with Crippen molar-refractivity contribution >= 4 is 13.7 Å². The quantitative estimate of drug-likeness (QED) is 0.445. The first-order chi connectivity index (χ1) is 12.8. The molecule has 0 fully saturated rings. The summed E-state index contributed by atoms with van der Waals surface area (Å²) in [5.41, 5.74) is 1.22. The highest BCUT2D eigenvalue weighted by molar-refractivity contribution is 7.56. The van der Waals surface area contributed by atoms with Gasteiger partial charge in [-0.05, 0) is 43.3 Å². The van der Waals surface area contributed by atoms with E-state index >= 15 is 0 Å². The van der Waals surface area contributed by atoms with Crippen molar-refractivity contribution in [3.63, 3.8) is 0 Å². The summed E-state index contributed by atoms with van der Waals surface area (Å²) in [7, 11) is -1.22. The molecule has 0 N–H and O–H groups in total. The van der Waals surface area contributed by atoms with Crippen molar-refractivity contribution < 1.29 is 9.05 Å². The SMILES string of the molecule is CC.CC.Cc1ccc(P(Oc2ccccc2)Oc2ccccc2)cc1. The molecular formula is C23H29O2P. The topological polar surface area (TPSA) is 18.5 Å². The number of para-hydroxylation sites is 2. The Kier molecular flexibility index (Phi) is 10.8. The summed E-state index contributed by atoms with van der Waals surface area (Å²) in [6.45, 7) is 10.1. The van der Waals surface area contributed by atoms with Crippen molar-refractivity contribution in [3.8, 4) is 11.5 Å². The van der Waals surface area contributed by atoms with Gasteiger partial charge in [-0.1, -0.05) is 81.8 Å². The number of hydrogen-bond donors (Lipinski definition) is 0. The minimum absolute atomic E-state index is 0.810. The molecule has 2 nitrogen and oxygen atoms in total. The Balaban J connectivity index is 0.000000791. The molecule has 0 heterocycles. The molecule has 0 aliphatic rings. The van der Waals surface area contributed by atoms with Crippen molar-refractivity contribution in [1.29, 1.82) is 0 Å². The normalized spacial score (nSPS) is 9.31. The summed E-state index contributed by atoms with van der Waals surface area (Å²) in [6, 6.07) is 27.8. The molecule has 3 aromatic carbocycles. The van der Waals surface area contributed by atoms with Crippen LogP contribution in [0.2, 0.25) is 0 Å². The fraction of sp³-hybridized carbons (Fsp3) is 0.217. The predicted octanol–water partition coefficient (Wildman–Crippen LogP) is 7.14. The van der Waals surface area contributed by atoms with Crippen LogP contribution < -0.4 is 14.4 Å². The molecule has 0 atom stereocenters. The summed E-state index contributed by atoms with van der Waals surface area (Å²) in [6.07, 6.45) is 0. The first kappa shape index (κ1) is 21.7. The highest BCUT2D eigenvalue weighted by Gasteiger charge is 2.17. The van der Waals surface area contributed by atoms with Crippen LogP contribution in [0.1, 0.15) is 33.3 Å². The van der Waals surface area contributed by atoms with Crippen LogP contribution in [0.4, 0.5) is 0 Å². The third-order valence-electron chi connectivity index (χ3n) is 3.11. The van der Waals surface area contributed by atoms with Gasteiger partial charge in [-0.15, -0.1) is 0 Å². The van der Waals surface area contributed by atoms with Gasteiger partial charge < -0.3 is 9.05 Å². The van der Waals surface area contributed by atoms with Crippen LogP contribution >= 0.6 is 8.38 Å². The lowest BCUT2D eigenvalue weighted by atomic mass is 10.2. The fourth-order valence-electron chi connectivity index (χ4n) is 1.94. The van der Waals surface area contributed by atoms with Gasteiger partial charge in [0, 0.05) is 0 Å². The molecule has 0 bridgehead atoms. The van der Waals surface area contributed by atoms with E-state index in [1.165, 1.54) is 5.56 Å². The Morgan fingerprint density at radius 1 is 0.538 bits per heavy atom. The lowest BCUT2D eigenvalue weighted by Gasteiger charge is -2.19. The average molecular weight is 368 g/mol. The molecule has 0 saturated carbocycles. The van der Waals surface area contributed by atoms with Crippen LogP contribution in [0.5, 0.6) is 11.5 Å². The molecule has 0 unspecified atom stereocenters. The smallest absolute Gasteiger partial charge is 0.326 e. The van der Waals surface area contributed by atoms with E-state index in [1.54, 1.807) is 0 Å². The van der Waals surface area contributed by atoms with Crippen LogP contribution in [0.15, 0.2) is 84.9 Å². The molecule has 0 aromatic heterocycles. The van der Waals surface area contributed by atoms with E-state index in [0.717, 1.165) is 16.8 Å². The molecule has 3 heteroatoms. The molecule has 0 aliphatic carbocycles. The number of rotatable bonds is 5. The van der Waals surface area contributed by atoms with Crippen molar-refractivity contribution in [3.05, 3.63) is 90.5 Å². The Labute approximate surface area is 159 Å². The van der Waals surface area contributed by atoms with Crippen molar-refractivity contribution in [1.82, 2.24) is 0 Å². The van der Waals surface area contributed by atoms with Gasteiger partial charge in [0.2, 0.25) is 0 Å². The molecule has 0 spiro atoms. The summed E-state index contributed by atoms with van der Waals surface area (Å²) >= 11 is 0. The Morgan fingerprint density at radius 3 is 1.31 bits per heavy atom. The van der Waals surface area contributed by atoms with Gasteiger partial charge in [-0.3, -0.25) is 0 Å². The molecule has 0 radical (unpaired) electrons. The molecule has 26 heavy (non-hydrogen) atoms. The monoisotopic (exact) mass is 368 g/mol. The largest absolute Gasteiger partial charge is 0.435 e. The van der Waals surface area contributed by atoms with Gasteiger partial charge in [0.1, 0.15) is 11.5 Å². The Bertz CT molecular complexity index is 656. The molecule has 0 saturated heterocycles. The standard InChI is InChI=1S/C19H17O2P.2C2H6/c1-16-12-14-19(15-13-16)22(20-17-8-4-2-5-9-17)21-18-10-6-3-7-11-18;2*1-2/h2-15H,1H3;2*1-2H3. The molecule has 3 aromatic rings. The second kappa shape index (κ2) is 13.0. The number of benzene rings is 3. The van der Waals surface area contributed by atoms with Crippen molar-refractivity contribution in [2.75, 3.05) is 0 Å². The van der Waals surface area contributed by atoms with Crippen molar-refractivity contribution in [2.24, 2.45) is 0 Å². The van der Waals surface area contributed by atoms with Gasteiger partial charge in [0.05, 0.1) is 5.30 Å². The van der Waals surface area contributed by atoms with E-state index in [9.17, 15) is 0 Å². The lowest BCUT2D eigenvalue weighted by molar-refractivity contribution is 0.502. The Morgan fingerprint density at radius 2 is 0.923 bits per heavy atom. The first-order valence-electron chi connectivity index (χ1n) is 9.14. The second-order valence-electron chi connectivity index (χ2n) is 4.90. The fourth-order valence-corrected chi connectivity index (χ4v) is 3.21. The van der Waals surface area contributed by atoms with Crippen LogP contribution in [0, 0.1) is 6.92 Å². The third kappa shape index (κ3) is 7.29. The molecule has 3 rings (SSSR count). The zero-order valence-corrected chi connectivity index (χ0v) is 17.2. The maximum Gasteiger partial charge on any atom is 0.326 e. The minimum Gasteiger partial charge on any atom is -0.435 e. The van der Waals surface area contributed by atoms with E-state index in [0.29, 0.717) is 0 Å². The van der Waals surface area contributed by atoms with E-state index in [-0.39, 0.29) is 0 Å². The highest BCUT2D eigenvalue weighted by Crippen LogP contribution is 2.39. The number of aryl methyl sites for hydroxylation is 1. The van der Waals surface area contributed by atoms with Gasteiger partial charge in [0.15, 0.2) is 0 Å². The molecule has 138 valence electrons. The van der Waals surface area contributed by atoms with Gasteiger partial charge >= 0.3 is 8.38 Å². The van der Waals surface area contributed by atoms with Crippen LogP contribution in [-0.4, -0.2) is 0 Å². The lowest BCUT2D eigenvalue weighted by Crippen LogP contribution is -2.09. The van der Waals surface area contributed by atoms with Gasteiger partial charge in [0.25, 0.3) is 0 Å². The second-order valence-corrected chi connectivity index (χ2v) is 6.30. The average Bonchev–Trinajstić information content (AvgIpc) is 2.73. The minimum atomic E-state index is -1.22. The predicted molar refractivity (Wildman–Crippen MR) is 115 cm³/mol. The van der Waals surface area contributed by atoms with Gasteiger partial charge in [-0.2, -0.15) is 0 Å². The van der Waals surface area contributed by atoms with Crippen LogP contribution in [-0.2, 0) is 0 Å². The number of hydrogen-bond acceptors (Lipinski definition) is 2. The first-order valence-corrected chi connectivity index (χ1v) is 10.3.